The molecule has 0 heterocycles. The fourth-order valence-electron chi connectivity index (χ4n) is 1.09. The van der Waals surface area contributed by atoms with Crippen LogP contribution in [0.1, 0.15) is 19.4 Å². The number of halogens is 1. The van der Waals surface area contributed by atoms with Gasteiger partial charge in [-0.05, 0) is 24.1 Å². The maximum atomic E-state index is 13.6. The molecule has 1 rings (SSSR count). The summed E-state index contributed by atoms with van der Waals surface area (Å²) in [6, 6.07) is 4.56. The largest absolute Gasteiger partial charge is 0.409 e. The average molecular weight is 242 g/mol. The lowest BCUT2D eigenvalue weighted by atomic mass is 10.2. The molecule has 3 N–H and O–H groups in total. The molecule has 1 aromatic carbocycles. The Bertz CT molecular complexity index is 394. The number of benzene rings is 1. The van der Waals surface area contributed by atoms with Crippen molar-refractivity contribution in [2.45, 2.75) is 18.7 Å². The van der Waals surface area contributed by atoms with Gasteiger partial charge in [-0.1, -0.05) is 19.0 Å². The Labute approximate surface area is 98.5 Å². The van der Waals surface area contributed by atoms with Crippen molar-refractivity contribution in [3.05, 3.63) is 29.6 Å². The zero-order chi connectivity index (χ0) is 12.1. The first-order valence-corrected chi connectivity index (χ1v) is 5.93. The van der Waals surface area contributed by atoms with E-state index in [9.17, 15) is 4.39 Å². The van der Waals surface area contributed by atoms with Gasteiger partial charge in [-0.3, -0.25) is 0 Å². The third-order valence-electron chi connectivity index (χ3n) is 1.91. The molecule has 16 heavy (non-hydrogen) atoms. The lowest BCUT2D eigenvalue weighted by molar-refractivity contribution is 0.318. The fraction of sp³-hybridized carbons (Fsp3) is 0.364. The quantitative estimate of drug-likeness (QED) is 0.280. The van der Waals surface area contributed by atoms with E-state index in [1.54, 1.807) is 12.1 Å². The average Bonchev–Trinajstić information content (AvgIpc) is 2.26. The number of nitrogens with zero attached hydrogens (tertiary/aromatic N) is 1. The summed E-state index contributed by atoms with van der Waals surface area (Å²) in [4.78, 5) is 0.586. The molecule has 3 nitrogen and oxygen atoms in total. The van der Waals surface area contributed by atoms with Crippen molar-refractivity contribution >= 4 is 17.6 Å². The van der Waals surface area contributed by atoms with Crippen molar-refractivity contribution in [1.82, 2.24) is 0 Å². The van der Waals surface area contributed by atoms with E-state index in [1.807, 2.05) is 0 Å². The van der Waals surface area contributed by atoms with Crippen LogP contribution >= 0.6 is 11.8 Å². The minimum absolute atomic E-state index is 0.0840. The van der Waals surface area contributed by atoms with Crippen LogP contribution in [0.25, 0.3) is 0 Å². The monoisotopic (exact) mass is 242 g/mol. The maximum absolute atomic E-state index is 13.6. The van der Waals surface area contributed by atoms with Crippen LogP contribution in [-0.2, 0) is 0 Å². The Hall–Kier alpha value is -1.23. The van der Waals surface area contributed by atoms with Crippen LogP contribution in [0.3, 0.4) is 0 Å². The summed E-state index contributed by atoms with van der Waals surface area (Å²) in [5, 5.41) is 11.3. The highest BCUT2D eigenvalue weighted by Crippen LogP contribution is 2.24. The van der Waals surface area contributed by atoms with Crippen LogP contribution in [0, 0.1) is 11.7 Å². The van der Waals surface area contributed by atoms with Gasteiger partial charge in [-0.15, -0.1) is 11.8 Å². The third kappa shape index (κ3) is 3.41. The van der Waals surface area contributed by atoms with Gasteiger partial charge in [-0.2, -0.15) is 0 Å². The van der Waals surface area contributed by atoms with Crippen LogP contribution in [0.2, 0.25) is 0 Å². The minimum Gasteiger partial charge on any atom is -0.409 e. The molecule has 0 aliphatic carbocycles. The highest BCUT2D eigenvalue weighted by Gasteiger charge is 2.07. The Morgan fingerprint density at radius 1 is 1.56 bits per heavy atom. The van der Waals surface area contributed by atoms with Gasteiger partial charge in [0.05, 0.1) is 0 Å². The van der Waals surface area contributed by atoms with Crippen LogP contribution in [0.4, 0.5) is 4.39 Å². The van der Waals surface area contributed by atoms with Crippen LogP contribution < -0.4 is 5.73 Å². The number of thioether (sulfide) groups is 1. The summed E-state index contributed by atoms with van der Waals surface area (Å²) < 4.78 is 13.6. The molecule has 0 spiro atoms. The Kier molecular flexibility index (Phi) is 4.61. The van der Waals surface area contributed by atoms with Crippen molar-refractivity contribution < 1.29 is 9.60 Å². The minimum atomic E-state index is -0.338. The summed E-state index contributed by atoms with van der Waals surface area (Å²) in [5.74, 6) is 0.946. The third-order valence-corrected chi connectivity index (χ3v) is 3.38. The molecule has 0 saturated heterocycles. The smallest absolute Gasteiger partial charge is 0.170 e. The molecule has 1 aromatic rings. The Morgan fingerprint density at radius 2 is 2.25 bits per heavy atom. The summed E-state index contributed by atoms with van der Waals surface area (Å²) in [5.41, 5.74) is 5.75. The lowest BCUT2D eigenvalue weighted by Crippen LogP contribution is -2.13. The predicted molar refractivity (Wildman–Crippen MR) is 64.5 cm³/mol. The van der Waals surface area contributed by atoms with Gasteiger partial charge in [0, 0.05) is 16.2 Å². The molecule has 0 aromatic heterocycles. The number of oxime groups is 1. The van der Waals surface area contributed by atoms with Gasteiger partial charge in [0.15, 0.2) is 5.84 Å². The van der Waals surface area contributed by atoms with E-state index in [-0.39, 0.29) is 11.7 Å². The topological polar surface area (TPSA) is 58.6 Å². The molecular weight excluding hydrogens is 227 g/mol. The highest BCUT2D eigenvalue weighted by molar-refractivity contribution is 7.99. The highest BCUT2D eigenvalue weighted by atomic mass is 32.2. The summed E-state index contributed by atoms with van der Waals surface area (Å²) in [6.07, 6.45) is 0. The molecule has 0 radical (unpaired) electrons. The van der Waals surface area contributed by atoms with Crippen molar-refractivity contribution in [3.63, 3.8) is 0 Å². The van der Waals surface area contributed by atoms with Crippen LogP contribution in [0.5, 0.6) is 0 Å². The molecule has 0 aliphatic rings. The summed E-state index contributed by atoms with van der Waals surface area (Å²) in [7, 11) is 0. The van der Waals surface area contributed by atoms with E-state index in [0.29, 0.717) is 16.4 Å². The zero-order valence-corrected chi connectivity index (χ0v) is 10.1. The molecule has 88 valence electrons. The predicted octanol–water partition coefficient (Wildman–Crippen LogP) is 2.67. The first-order valence-electron chi connectivity index (χ1n) is 4.95. The molecular formula is C11H15FN2OS. The second-order valence-electron chi connectivity index (χ2n) is 3.84. The van der Waals surface area contributed by atoms with Crippen molar-refractivity contribution in [3.8, 4) is 0 Å². The standard InChI is InChI=1S/C11H15FN2OS/c1-7(2)6-16-10-4-3-8(5-9(10)12)11(13)14-15/h3-5,7,15H,6H2,1-2H3,(H2,13,14). The lowest BCUT2D eigenvalue weighted by Gasteiger charge is -2.07. The normalized spacial score (nSPS) is 12.1. The van der Waals surface area contributed by atoms with Crippen molar-refractivity contribution in [2.24, 2.45) is 16.8 Å². The van der Waals surface area contributed by atoms with E-state index < -0.39 is 0 Å². The molecule has 0 fully saturated rings. The van der Waals surface area contributed by atoms with Gasteiger partial charge in [0.25, 0.3) is 0 Å². The second-order valence-corrected chi connectivity index (χ2v) is 4.90. The molecule has 0 unspecified atom stereocenters. The molecule has 0 atom stereocenters. The molecule has 0 bridgehead atoms. The van der Waals surface area contributed by atoms with E-state index in [0.717, 1.165) is 5.75 Å². The Morgan fingerprint density at radius 3 is 2.75 bits per heavy atom. The zero-order valence-electron chi connectivity index (χ0n) is 9.27. The molecule has 0 saturated carbocycles. The number of hydrogen-bond acceptors (Lipinski definition) is 3. The Balaban J connectivity index is 2.83. The van der Waals surface area contributed by atoms with Crippen molar-refractivity contribution in [2.75, 3.05) is 5.75 Å². The molecule has 0 amide bonds. The van der Waals surface area contributed by atoms with Crippen LogP contribution in [-0.4, -0.2) is 16.8 Å². The van der Waals surface area contributed by atoms with Gasteiger partial charge >= 0.3 is 0 Å². The first-order chi connectivity index (χ1) is 7.54. The fourth-order valence-corrected chi connectivity index (χ4v) is 1.97. The summed E-state index contributed by atoms with van der Waals surface area (Å²) in [6.45, 7) is 4.16. The van der Waals surface area contributed by atoms with E-state index >= 15 is 0 Å². The van der Waals surface area contributed by atoms with E-state index in [2.05, 4.69) is 19.0 Å². The number of hydrogen-bond donors (Lipinski definition) is 2. The number of amidine groups is 1. The number of nitrogens with two attached hydrogens (primary N) is 1. The van der Waals surface area contributed by atoms with Gasteiger partial charge in [0.1, 0.15) is 5.82 Å². The van der Waals surface area contributed by atoms with Gasteiger partial charge in [-0.25, -0.2) is 4.39 Å². The second kappa shape index (κ2) is 5.75. The first kappa shape index (κ1) is 12.8. The van der Waals surface area contributed by atoms with Gasteiger partial charge in [0.2, 0.25) is 0 Å². The SMILES string of the molecule is CC(C)CSc1ccc(/C(N)=N/O)cc1F. The van der Waals surface area contributed by atoms with Gasteiger partial charge < -0.3 is 10.9 Å². The molecule has 0 aliphatic heterocycles. The maximum Gasteiger partial charge on any atom is 0.170 e. The van der Waals surface area contributed by atoms with Crippen LogP contribution in [0.15, 0.2) is 28.3 Å². The molecule has 5 heteroatoms. The summed E-state index contributed by atoms with van der Waals surface area (Å²) >= 11 is 1.46. The number of rotatable bonds is 4. The van der Waals surface area contributed by atoms with E-state index in [4.69, 9.17) is 10.9 Å². The van der Waals surface area contributed by atoms with E-state index in [1.165, 1.54) is 17.8 Å². The van der Waals surface area contributed by atoms with Crippen molar-refractivity contribution in [1.29, 1.82) is 0 Å².